The van der Waals surface area contributed by atoms with Crippen molar-refractivity contribution in [1.82, 2.24) is 0 Å². The maximum Gasteiger partial charge on any atom is 0.303 e. The number of benzene rings is 2. The molecule has 4 nitrogen and oxygen atoms in total. The summed E-state index contributed by atoms with van der Waals surface area (Å²) in [5.74, 6) is -0.937. The molecule has 2 aromatic rings. The van der Waals surface area contributed by atoms with Crippen LogP contribution in [-0.4, -0.2) is 25.7 Å². The molecule has 0 aromatic heterocycles. The number of sulfone groups is 1. The molecule has 2 aromatic carbocycles. The zero-order valence-electron chi connectivity index (χ0n) is 10.5. The molecule has 0 heterocycles. The van der Waals surface area contributed by atoms with Gasteiger partial charge in [-0.05, 0) is 17.4 Å². The van der Waals surface area contributed by atoms with E-state index in [1.54, 1.807) is 18.2 Å². The lowest BCUT2D eigenvalue weighted by Gasteiger charge is -2.10. The molecule has 0 aliphatic heterocycles. The second-order valence-electron chi connectivity index (χ2n) is 4.44. The van der Waals surface area contributed by atoms with Crippen LogP contribution in [-0.2, 0) is 21.1 Å². The molecule has 0 atom stereocenters. The van der Waals surface area contributed by atoms with Crippen LogP contribution in [0.25, 0.3) is 10.8 Å². The van der Waals surface area contributed by atoms with Crippen LogP contribution in [0.2, 0.25) is 0 Å². The highest BCUT2D eigenvalue weighted by Gasteiger charge is 2.17. The fourth-order valence-electron chi connectivity index (χ4n) is 2.16. The van der Waals surface area contributed by atoms with Gasteiger partial charge in [-0.25, -0.2) is 8.42 Å². The molecular formula is C14H14O4S. The van der Waals surface area contributed by atoms with Crippen molar-refractivity contribution in [3.63, 3.8) is 0 Å². The van der Waals surface area contributed by atoms with E-state index in [-0.39, 0.29) is 17.7 Å². The van der Waals surface area contributed by atoms with Crippen molar-refractivity contribution < 1.29 is 18.3 Å². The summed E-state index contributed by atoms with van der Waals surface area (Å²) in [5, 5.41) is 10.2. The maximum atomic E-state index is 12.0. The molecule has 0 fully saturated rings. The van der Waals surface area contributed by atoms with E-state index in [0.717, 1.165) is 11.6 Å². The van der Waals surface area contributed by atoms with E-state index in [2.05, 4.69) is 0 Å². The van der Waals surface area contributed by atoms with E-state index in [0.29, 0.717) is 10.9 Å². The summed E-state index contributed by atoms with van der Waals surface area (Å²) in [6.45, 7) is 0. The number of rotatable bonds is 4. The van der Waals surface area contributed by atoms with Gasteiger partial charge in [0.05, 0.1) is 4.90 Å². The van der Waals surface area contributed by atoms with Gasteiger partial charge < -0.3 is 5.11 Å². The Labute approximate surface area is 111 Å². The van der Waals surface area contributed by atoms with Gasteiger partial charge in [0.15, 0.2) is 9.84 Å². The summed E-state index contributed by atoms with van der Waals surface area (Å²) in [6, 6.07) is 10.7. The number of hydrogen-bond donors (Lipinski definition) is 1. The summed E-state index contributed by atoms with van der Waals surface area (Å²) in [4.78, 5) is 10.9. The molecule has 0 unspecified atom stereocenters. The van der Waals surface area contributed by atoms with Gasteiger partial charge >= 0.3 is 5.97 Å². The van der Waals surface area contributed by atoms with Crippen molar-refractivity contribution in [2.24, 2.45) is 0 Å². The first-order valence-corrected chi connectivity index (χ1v) is 7.71. The molecule has 0 saturated heterocycles. The van der Waals surface area contributed by atoms with Crippen molar-refractivity contribution >= 4 is 26.6 Å². The minimum absolute atomic E-state index is 0.0825. The Morgan fingerprint density at radius 2 is 1.84 bits per heavy atom. The molecule has 0 aliphatic carbocycles. The SMILES string of the molecule is CS(=O)(=O)c1c(CCC(=O)O)ccc2ccccc12. The number of hydrogen-bond acceptors (Lipinski definition) is 3. The first-order chi connectivity index (χ1) is 8.89. The van der Waals surface area contributed by atoms with Crippen LogP contribution in [0.3, 0.4) is 0 Å². The second-order valence-corrected chi connectivity index (χ2v) is 6.39. The topological polar surface area (TPSA) is 71.4 Å². The van der Waals surface area contributed by atoms with E-state index < -0.39 is 15.8 Å². The molecule has 100 valence electrons. The van der Waals surface area contributed by atoms with Crippen LogP contribution < -0.4 is 0 Å². The molecule has 5 heteroatoms. The predicted molar refractivity (Wildman–Crippen MR) is 73.0 cm³/mol. The number of aryl methyl sites for hydroxylation is 1. The Hall–Kier alpha value is -1.88. The summed E-state index contributed by atoms with van der Waals surface area (Å²) in [7, 11) is -3.40. The molecule has 19 heavy (non-hydrogen) atoms. The van der Waals surface area contributed by atoms with Gasteiger partial charge in [-0.2, -0.15) is 0 Å². The molecule has 0 saturated carbocycles. The minimum atomic E-state index is -3.40. The summed E-state index contributed by atoms with van der Waals surface area (Å²) >= 11 is 0. The number of carboxylic acids is 1. The number of carbonyl (C=O) groups is 1. The Balaban J connectivity index is 2.67. The first-order valence-electron chi connectivity index (χ1n) is 5.82. The molecule has 1 N–H and O–H groups in total. The van der Waals surface area contributed by atoms with Gasteiger partial charge in [0.25, 0.3) is 0 Å². The van der Waals surface area contributed by atoms with Gasteiger partial charge in [0.2, 0.25) is 0 Å². The van der Waals surface area contributed by atoms with Gasteiger partial charge in [-0.15, -0.1) is 0 Å². The Kier molecular flexibility index (Phi) is 3.57. The molecule has 0 radical (unpaired) electrons. The Morgan fingerprint density at radius 3 is 2.47 bits per heavy atom. The van der Waals surface area contributed by atoms with E-state index in [1.165, 1.54) is 0 Å². The highest BCUT2D eigenvalue weighted by Crippen LogP contribution is 2.27. The van der Waals surface area contributed by atoms with Gasteiger partial charge in [0, 0.05) is 18.1 Å². The molecule has 0 bridgehead atoms. The summed E-state index contributed by atoms with van der Waals surface area (Å²) < 4.78 is 23.9. The van der Waals surface area contributed by atoms with Crippen LogP contribution in [0.1, 0.15) is 12.0 Å². The number of carboxylic acid groups (broad SMARTS) is 1. The molecule has 0 spiro atoms. The zero-order chi connectivity index (χ0) is 14.0. The third-order valence-corrected chi connectivity index (χ3v) is 4.16. The second kappa shape index (κ2) is 5.01. The van der Waals surface area contributed by atoms with Crippen molar-refractivity contribution in [1.29, 1.82) is 0 Å². The number of aliphatic carboxylic acids is 1. The van der Waals surface area contributed by atoms with Crippen LogP contribution in [0.4, 0.5) is 0 Å². The highest BCUT2D eigenvalue weighted by atomic mass is 32.2. The Morgan fingerprint density at radius 1 is 1.16 bits per heavy atom. The van der Waals surface area contributed by atoms with E-state index in [1.807, 2.05) is 18.2 Å². The first kappa shape index (κ1) is 13.5. The standard InChI is InChI=1S/C14H14O4S/c1-19(17,18)14-11(8-9-13(15)16)7-6-10-4-2-3-5-12(10)14/h2-7H,8-9H2,1H3,(H,15,16). The third-order valence-electron chi connectivity index (χ3n) is 2.94. The van der Waals surface area contributed by atoms with Gasteiger partial charge in [-0.1, -0.05) is 36.4 Å². The molecule has 0 aliphatic rings. The van der Waals surface area contributed by atoms with E-state index in [9.17, 15) is 13.2 Å². The highest BCUT2D eigenvalue weighted by molar-refractivity contribution is 7.91. The predicted octanol–water partition coefficient (Wildman–Crippen LogP) is 2.26. The van der Waals surface area contributed by atoms with E-state index >= 15 is 0 Å². The smallest absolute Gasteiger partial charge is 0.303 e. The number of fused-ring (bicyclic) bond motifs is 1. The van der Waals surface area contributed by atoms with Crippen LogP contribution >= 0.6 is 0 Å². The summed E-state index contributed by atoms with van der Waals surface area (Å²) in [5.41, 5.74) is 0.559. The third kappa shape index (κ3) is 2.93. The average Bonchev–Trinajstić information content (AvgIpc) is 2.34. The van der Waals surface area contributed by atoms with Crippen LogP contribution in [0.5, 0.6) is 0 Å². The average molecular weight is 278 g/mol. The Bertz CT molecular complexity index is 732. The quantitative estimate of drug-likeness (QED) is 0.931. The minimum Gasteiger partial charge on any atom is -0.481 e. The molecular weight excluding hydrogens is 264 g/mol. The van der Waals surface area contributed by atoms with Crippen LogP contribution in [0.15, 0.2) is 41.3 Å². The van der Waals surface area contributed by atoms with Crippen molar-refractivity contribution in [3.8, 4) is 0 Å². The molecule has 0 amide bonds. The van der Waals surface area contributed by atoms with Gasteiger partial charge in [-0.3, -0.25) is 4.79 Å². The zero-order valence-corrected chi connectivity index (χ0v) is 11.3. The van der Waals surface area contributed by atoms with Crippen LogP contribution in [0, 0.1) is 0 Å². The van der Waals surface area contributed by atoms with Gasteiger partial charge in [0.1, 0.15) is 0 Å². The fourth-order valence-corrected chi connectivity index (χ4v) is 3.40. The van der Waals surface area contributed by atoms with Crippen molar-refractivity contribution in [2.75, 3.05) is 6.26 Å². The fraction of sp³-hybridized carbons (Fsp3) is 0.214. The van der Waals surface area contributed by atoms with E-state index in [4.69, 9.17) is 5.11 Å². The largest absolute Gasteiger partial charge is 0.481 e. The monoisotopic (exact) mass is 278 g/mol. The lowest BCUT2D eigenvalue weighted by Crippen LogP contribution is -2.06. The summed E-state index contributed by atoms with van der Waals surface area (Å²) in [6.07, 6.45) is 1.28. The van der Waals surface area contributed by atoms with Crippen molar-refractivity contribution in [3.05, 3.63) is 42.0 Å². The lowest BCUT2D eigenvalue weighted by molar-refractivity contribution is -0.136. The lowest BCUT2D eigenvalue weighted by atomic mass is 10.0. The molecule has 2 rings (SSSR count). The van der Waals surface area contributed by atoms with Crippen molar-refractivity contribution in [2.45, 2.75) is 17.7 Å². The maximum absolute atomic E-state index is 12.0. The normalized spacial score (nSPS) is 11.6.